The van der Waals surface area contributed by atoms with Crippen molar-refractivity contribution in [3.05, 3.63) is 29.8 Å². The molecule has 6 heteroatoms. The largest absolute Gasteiger partial charge is 0.310 e. The van der Waals surface area contributed by atoms with Crippen molar-refractivity contribution in [2.24, 2.45) is 0 Å². The van der Waals surface area contributed by atoms with Crippen LogP contribution in [-0.2, 0) is 16.6 Å². The first kappa shape index (κ1) is 16.4. The summed E-state index contributed by atoms with van der Waals surface area (Å²) >= 11 is 0. The lowest BCUT2D eigenvalue weighted by Gasteiger charge is -2.19. The molecule has 0 amide bonds. The molecule has 1 fully saturated rings. The molecule has 0 saturated heterocycles. The minimum absolute atomic E-state index is 0.130. The van der Waals surface area contributed by atoms with Crippen molar-refractivity contribution < 1.29 is 8.42 Å². The lowest BCUT2D eigenvalue weighted by molar-refractivity contribution is 0.370. The van der Waals surface area contributed by atoms with Crippen molar-refractivity contribution in [3.63, 3.8) is 0 Å². The third-order valence-corrected chi connectivity index (χ3v) is 5.11. The molecule has 118 valence electrons. The Morgan fingerprint density at radius 2 is 1.95 bits per heavy atom. The minimum atomic E-state index is -3.48. The van der Waals surface area contributed by atoms with E-state index in [1.807, 2.05) is 38.1 Å². The Kier molecular flexibility index (Phi) is 5.37. The third kappa shape index (κ3) is 5.07. The van der Waals surface area contributed by atoms with Crippen LogP contribution in [0.1, 0.15) is 25.3 Å². The molecular formula is C15H25N3O2S. The maximum absolute atomic E-state index is 12.5. The van der Waals surface area contributed by atoms with Gasteiger partial charge in [0.1, 0.15) is 0 Å². The van der Waals surface area contributed by atoms with E-state index in [9.17, 15) is 8.42 Å². The predicted molar refractivity (Wildman–Crippen MR) is 84.6 cm³/mol. The molecule has 0 bridgehead atoms. The first-order valence-corrected chi connectivity index (χ1v) is 8.85. The second-order valence-corrected chi connectivity index (χ2v) is 7.73. The highest BCUT2D eigenvalue weighted by Crippen LogP contribution is 2.21. The van der Waals surface area contributed by atoms with Gasteiger partial charge in [0.2, 0.25) is 10.0 Å². The van der Waals surface area contributed by atoms with Crippen molar-refractivity contribution in [2.45, 2.75) is 43.3 Å². The quantitative estimate of drug-likeness (QED) is 0.756. The summed E-state index contributed by atoms with van der Waals surface area (Å²) in [6, 6.07) is 7.63. The zero-order valence-corrected chi connectivity index (χ0v) is 13.8. The fraction of sp³-hybridized carbons (Fsp3) is 0.600. The number of rotatable bonds is 8. The first-order chi connectivity index (χ1) is 9.88. The molecule has 0 aliphatic heterocycles. The van der Waals surface area contributed by atoms with Crippen molar-refractivity contribution in [2.75, 3.05) is 20.6 Å². The van der Waals surface area contributed by atoms with E-state index in [1.54, 1.807) is 12.1 Å². The number of nitrogens with one attached hydrogen (secondary N) is 2. The molecule has 5 nitrogen and oxygen atoms in total. The minimum Gasteiger partial charge on any atom is -0.310 e. The van der Waals surface area contributed by atoms with Crippen LogP contribution in [0, 0.1) is 0 Å². The SMILES string of the molecule is CC(CN(C)C)NS(=O)(=O)c1ccccc1CNC1CC1. The number of hydrogen-bond acceptors (Lipinski definition) is 4. The van der Waals surface area contributed by atoms with Crippen LogP contribution in [0.2, 0.25) is 0 Å². The molecule has 0 spiro atoms. The Bertz CT molecular complexity index is 568. The second-order valence-electron chi connectivity index (χ2n) is 6.05. The van der Waals surface area contributed by atoms with Crippen LogP contribution in [0.25, 0.3) is 0 Å². The van der Waals surface area contributed by atoms with Gasteiger partial charge in [-0.15, -0.1) is 0 Å². The fourth-order valence-corrected chi connectivity index (χ4v) is 3.84. The second kappa shape index (κ2) is 6.87. The maximum atomic E-state index is 12.5. The van der Waals surface area contributed by atoms with Crippen LogP contribution < -0.4 is 10.0 Å². The maximum Gasteiger partial charge on any atom is 0.241 e. The van der Waals surface area contributed by atoms with E-state index < -0.39 is 10.0 Å². The van der Waals surface area contributed by atoms with Crippen molar-refractivity contribution >= 4 is 10.0 Å². The summed E-state index contributed by atoms with van der Waals surface area (Å²) in [5.74, 6) is 0. The van der Waals surface area contributed by atoms with Crippen LogP contribution in [0.4, 0.5) is 0 Å². The number of likely N-dealkylation sites (N-methyl/N-ethyl adjacent to an activating group) is 1. The lowest BCUT2D eigenvalue weighted by Crippen LogP contribution is -2.39. The third-order valence-electron chi connectivity index (χ3n) is 3.42. The molecule has 21 heavy (non-hydrogen) atoms. The van der Waals surface area contributed by atoms with Crippen LogP contribution in [0.3, 0.4) is 0 Å². The number of nitrogens with zero attached hydrogens (tertiary/aromatic N) is 1. The Morgan fingerprint density at radius 1 is 1.29 bits per heavy atom. The summed E-state index contributed by atoms with van der Waals surface area (Å²) < 4.78 is 27.8. The van der Waals surface area contributed by atoms with Gasteiger partial charge >= 0.3 is 0 Å². The van der Waals surface area contributed by atoms with E-state index in [-0.39, 0.29) is 6.04 Å². The van der Waals surface area contributed by atoms with Gasteiger partial charge in [0.15, 0.2) is 0 Å². The van der Waals surface area contributed by atoms with E-state index in [0.29, 0.717) is 24.0 Å². The molecule has 2 rings (SSSR count). The molecule has 1 unspecified atom stereocenters. The van der Waals surface area contributed by atoms with Gasteiger partial charge in [-0.3, -0.25) is 0 Å². The summed E-state index contributed by atoms with van der Waals surface area (Å²) in [5.41, 5.74) is 0.828. The normalized spacial score (nSPS) is 17.1. The Morgan fingerprint density at radius 3 is 2.57 bits per heavy atom. The average molecular weight is 311 g/mol. The smallest absolute Gasteiger partial charge is 0.241 e. The molecule has 1 aliphatic rings. The molecule has 1 aliphatic carbocycles. The molecule has 0 heterocycles. The molecular weight excluding hydrogens is 286 g/mol. The van der Waals surface area contributed by atoms with E-state index in [4.69, 9.17) is 0 Å². The molecule has 1 saturated carbocycles. The van der Waals surface area contributed by atoms with Gasteiger partial charge in [0, 0.05) is 25.2 Å². The highest BCUT2D eigenvalue weighted by atomic mass is 32.2. The highest BCUT2D eigenvalue weighted by molar-refractivity contribution is 7.89. The van der Waals surface area contributed by atoms with Gasteiger partial charge < -0.3 is 10.2 Å². The van der Waals surface area contributed by atoms with Gasteiger partial charge in [-0.05, 0) is 45.5 Å². The van der Waals surface area contributed by atoms with Gasteiger partial charge in [0.05, 0.1) is 4.90 Å². The topological polar surface area (TPSA) is 61.4 Å². The van der Waals surface area contributed by atoms with Crippen LogP contribution in [-0.4, -0.2) is 46.0 Å². The van der Waals surface area contributed by atoms with Crippen LogP contribution >= 0.6 is 0 Å². The summed E-state index contributed by atoms with van der Waals surface area (Å²) in [5, 5.41) is 3.37. The van der Waals surface area contributed by atoms with Gasteiger partial charge in [-0.1, -0.05) is 18.2 Å². The standard InChI is InChI=1S/C15H25N3O2S/c1-12(11-18(2)3)17-21(19,20)15-7-5-4-6-13(15)10-16-14-8-9-14/h4-7,12,14,16-17H,8-11H2,1-3H3. The average Bonchev–Trinajstić information content (AvgIpc) is 3.19. The number of hydrogen-bond donors (Lipinski definition) is 2. The number of benzene rings is 1. The number of sulfonamides is 1. The summed E-state index contributed by atoms with van der Waals surface area (Å²) in [6.45, 7) is 3.15. The van der Waals surface area contributed by atoms with E-state index in [0.717, 1.165) is 5.56 Å². The first-order valence-electron chi connectivity index (χ1n) is 7.37. The van der Waals surface area contributed by atoms with E-state index in [2.05, 4.69) is 10.0 Å². The molecule has 0 radical (unpaired) electrons. The Hall–Kier alpha value is -0.950. The fourth-order valence-electron chi connectivity index (χ4n) is 2.37. The van der Waals surface area contributed by atoms with Crippen LogP contribution in [0.5, 0.6) is 0 Å². The Labute approximate surface area is 127 Å². The molecule has 1 aromatic carbocycles. The summed E-state index contributed by atoms with van der Waals surface area (Å²) in [7, 11) is 0.378. The zero-order chi connectivity index (χ0) is 15.5. The molecule has 0 aromatic heterocycles. The van der Waals surface area contributed by atoms with Crippen molar-refractivity contribution in [1.29, 1.82) is 0 Å². The van der Waals surface area contributed by atoms with Crippen LogP contribution in [0.15, 0.2) is 29.2 Å². The molecule has 1 atom stereocenters. The van der Waals surface area contributed by atoms with Gasteiger partial charge in [0.25, 0.3) is 0 Å². The summed E-state index contributed by atoms with van der Waals surface area (Å²) in [4.78, 5) is 2.34. The predicted octanol–water partition coefficient (Wildman–Crippen LogP) is 1.17. The van der Waals surface area contributed by atoms with E-state index >= 15 is 0 Å². The zero-order valence-electron chi connectivity index (χ0n) is 13.0. The summed E-state index contributed by atoms with van der Waals surface area (Å²) in [6.07, 6.45) is 2.38. The Balaban J connectivity index is 2.10. The van der Waals surface area contributed by atoms with Crippen molar-refractivity contribution in [1.82, 2.24) is 14.9 Å². The highest BCUT2D eigenvalue weighted by Gasteiger charge is 2.23. The lowest BCUT2D eigenvalue weighted by atomic mass is 10.2. The monoisotopic (exact) mass is 311 g/mol. The van der Waals surface area contributed by atoms with Crippen molar-refractivity contribution in [3.8, 4) is 0 Å². The van der Waals surface area contributed by atoms with E-state index in [1.165, 1.54) is 12.8 Å². The van der Waals surface area contributed by atoms with Gasteiger partial charge in [-0.25, -0.2) is 13.1 Å². The molecule has 2 N–H and O–H groups in total. The van der Waals surface area contributed by atoms with Gasteiger partial charge in [-0.2, -0.15) is 0 Å². The molecule has 1 aromatic rings.